The largest absolute Gasteiger partial charge is 0.396 e. The molecular formula is C15H22N2O2. The number of aliphatic hydroxyl groups excluding tert-OH is 1. The Hall–Kier alpha value is -1.42. The Bertz CT molecular complexity index is 390. The SMILES string of the molecule is O=C(CCc1ccccn1)N(CCCO)C1CCC1. The van der Waals surface area contributed by atoms with Gasteiger partial charge in [-0.3, -0.25) is 9.78 Å². The van der Waals surface area contributed by atoms with E-state index >= 15 is 0 Å². The zero-order valence-corrected chi connectivity index (χ0v) is 11.3. The van der Waals surface area contributed by atoms with Crippen molar-refractivity contribution in [2.75, 3.05) is 13.2 Å². The first-order valence-electron chi connectivity index (χ1n) is 7.11. The number of aromatic nitrogens is 1. The molecule has 0 aliphatic heterocycles. The quantitative estimate of drug-likeness (QED) is 0.815. The fourth-order valence-corrected chi connectivity index (χ4v) is 2.37. The van der Waals surface area contributed by atoms with Crippen molar-refractivity contribution in [3.8, 4) is 0 Å². The van der Waals surface area contributed by atoms with Crippen LogP contribution in [0.25, 0.3) is 0 Å². The number of pyridine rings is 1. The van der Waals surface area contributed by atoms with Crippen molar-refractivity contribution in [3.63, 3.8) is 0 Å². The second-order valence-electron chi connectivity index (χ2n) is 5.07. The first-order valence-corrected chi connectivity index (χ1v) is 7.11. The summed E-state index contributed by atoms with van der Waals surface area (Å²) in [5.41, 5.74) is 0.964. The van der Waals surface area contributed by atoms with Crippen molar-refractivity contribution >= 4 is 5.91 Å². The van der Waals surface area contributed by atoms with Gasteiger partial charge in [0.15, 0.2) is 0 Å². The number of rotatable bonds is 7. The lowest BCUT2D eigenvalue weighted by molar-refractivity contribution is -0.135. The second-order valence-corrected chi connectivity index (χ2v) is 5.07. The Morgan fingerprint density at radius 2 is 2.26 bits per heavy atom. The molecule has 4 nitrogen and oxygen atoms in total. The number of aliphatic hydroxyl groups is 1. The number of hydrogen-bond donors (Lipinski definition) is 1. The fraction of sp³-hybridized carbons (Fsp3) is 0.600. The van der Waals surface area contributed by atoms with E-state index in [1.807, 2.05) is 23.1 Å². The minimum atomic E-state index is 0.150. The molecule has 0 bridgehead atoms. The molecule has 1 fully saturated rings. The Morgan fingerprint density at radius 3 is 2.84 bits per heavy atom. The average Bonchev–Trinajstić information content (AvgIpc) is 2.39. The summed E-state index contributed by atoms with van der Waals surface area (Å²) in [5.74, 6) is 0.198. The summed E-state index contributed by atoms with van der Waals surface area (Å²) >= 11 is 0. The summed E-state index contributed by atoms with van der Waals surface area (Å²) in [6, 6.07) is 6.19. The van der Waals surface area contributed by atoms with E-state index in [1.165, 1.54) is 6.42 Å². The molecule has 1 aromatic heterocycles. The predicted molar refractivity (Wildman–Crippen MR) is 73.6 cm³/mol. The van der Waals surface area contributed by atoms with Gasteiger partial charge in [-0.2, -0.15) is 0 Å². The Morgan fingerprint density at radius 1 is 1.42 bits per heavy atom. The summed E-state index contributed by atoms with van der Waals surface area (Å²) in [7, 11) is 0. The molecule has 1 aliphatic carbocycles. The highest BCUT2D eigenvalue weighted by Gasteiger charge is 2.27. The van der Waals surface area contributed by atoms with Crippen molar-refractivity contribution in [1.29, 1.82) is 0 Å². The molecule has 1 aromatic rings. The Kier molecular flexibility index (Phi) is 5.33. The third-order valence-corrected chi connectivity index (χ3v) is 3.71. The molecule has 1 saturated carbocycles. The molecule has 0 aromatic carbocycles. The lowest BCUT2D eigenvalue weighted by Gasteiger charge is -2.37. The predicted octanol–water partition coefficient (Wildman–Crippen LogP) is 1.78. The highest BCUT2D eigenvalue weighted by molar-refractivity contribution is 5.76. The number of hydrogen-bond acceptors (Lipinski definition) is 3. The highest BCUT2D eigenvalue weighted by Crippen LogP contribution is 2.25. The lowest BCUT2D eigenvalue weighted by atomic mass is 9.91. The van der Waals surface area contributed by atoms with Gasteiger partial charge >= 0.3 is 0 Å². The van der Waals surface area contributed by atoms with Crippen LogP contribution in [0.4, 0.5) is 0 Å². The van der Waals surface area contributed by atoms with Crippen LogP contribution in [0.5, 0.6) is 0 Å². The summed E-state index contributed by atoms with van der Waals surface area (Å²) in [6.07, 6.45) is 7.08. The maximum Gasteiger partial charge on any atom is 0.223 e. The maximum absolute atomic E-state index is 12.3. The molecule has 19 heavy (non-hydrogen) atoms. The van der Waals surface area contributed by atoms with Crippen LogP contribution >= 0.6 is 0 Å². The molecule has 1 amide bonds. The van der Waals surface area contributed by atoms with Gasteiger partial charge in [0.25, 0.3) is 0 Å². The van der Waals surface area contributed by atoms with Crippen molar-refractivity contribution in [3.05, 3.63) is 30.1 Å². The van der Waals surface area contributed by atoms with Crippen LogP contribution in [0.1, 0.15) is 37.8 Å². The molecule has 4 heteroatoms. The number of amides is 1. The summed E-state index contributed by atoms with van der Waals surface area (Å²) in [4.78, 5) is 18.5. The molecule has 0 unspecified atom stereocenters. The van der Waals surface area contributed by atoms with Gasteiger partial charge in [0.2, 0.25) is 5.91 Å². The van der Waals surface area contributed by atoms with Gasteiger partial charge in [-0.1, -0.05) is 6.07 Å². The number of aryl methyl sites for hydroxylation is 1. The van der Waals surface area contributed by atoms with Crippen molar-refractivity contribution < 1.29 is 9.90 Å². The van der Waals surface area contributed by atoms with Gasteiger partial charge < -0.3 is 10.0 Å². The summed E-state index contributed by atoms with van der Waals surface area (Å²) in [5, 5.41) is 8.93. The minimum Gasteiger partial charge on any atom is -0.396 e. The minimum absolute atomic E-state index is 0.150. The Balaban J connectivity index is 1.84. The zero-order valence-electron chi connectivity index (χ0n) is 11.3. The topological polar surface area (TPSA) is 53.4 Å². The van der Waals surface area contributed by atoms with E-state index in [-0.39, 0.29) is 12.5 Å². The molecule has 2 rings (SSSR count). The third kappa shape index (κ3) is 4.03. The van der Waals surface area contributed by atoms with Gasteiger partial charge in [0, 0.05) is 37.5 Å². The van der Waals surface area contributed by atoms with Crippen LogP contribution in [0, 0.1) is 0 Å². The zero-order chi connectivity index (χ0) is 13.5. The normalized spacial score (nSPS) is 15.0. The molecule has 0 radical (unpaired) electrons. The van der Waals surface area contributed by atoms with Gasteiger partial charge in [0.1, 0.15) is 0 Å². The number of carbonyl (C=O) groups is 1. The smallest absolute Gasteiger partial charge is 0.223 e. The molecular weight excluding hydrogens is 240 g/mol. The molecule has 1 heterocycles. The van der Waals surface area contributed by atoms with Crippen LogP contribution in [-0.4, -0.2) is 40.1 Å². The maximum atomic E-state index is 12.3. The van der Waals surface area contributed by atoms with Gasteiger partial charge in [0.05, 0.1) is 0 Å². The van der Waals surface area contributed by atoms with E-state index in [2.05, 4.69) is 4.98 Å². The molecule has 104 valence electrons. The van der Waals surface area contributed by atoms with E-state index in [4.69, 9.17) is 5.11 Å². The first-order chi connectivity index (χ1) is 9.31. The van der Waals surface area contributed by atoms with Crippen molar-refractivity contribution in [2.45, 2.75) is 44.6 Å². The van der Waals surface area contributed by atoms with Crippen LogP contribution in [-0.2, 0) is 11.2 Å². The third-order valence-electron chi connectivity index (χ3n) is 3.71. The standard InChI is InChI=1S/C15H22N2O2/c18-12-4-11-17(14-6-3-7-14)15(19)9-8-13-5-1-2-10-16-13/h1-2,5,10,14,18H,3-4,6-9,11-12H2. The van der Waals surface area contributed by atoms with Gasteiger partial charge in [-0.25, -0.2) is 0 Å². The van der Waals surface area contributed by atoms with E-state index in [0.29, 0.717) is 31.8 Å². The van der Waals surface area contributed by atoms with Crippen molar-refractivity contribution in [1.82, 2.24) is 9.88 Å². The van der Waals surface area contributed by atoms with Crippen LogP contribution in [0.3, 0.4) is 0 Å². The van der Waals surface area contributed by atoms with E-state index in [1.54, 1.807) is 6.20 Å². The summed E-state index contributed by atoms with van der Waals surface area (Å²) in [6.45, 7) is 0.832. The molecule has 1 aliphatic rings. The van der Waals surface area contributed by atoms with Crippen LogP contribution in [0.15, 0.2) is 24.4 Å². The second kappa shape index (κ2) is 7.24. The van der Waals surface area contributed by atoms with Crippen LogP contribution < -0.4 is 0 Å². The number of nitrogens with zero attached hydrogens (tertiary/aromatic N) is 2. The molecule has 0 atom stereocenters. The lowest BCUT2D eigenvalue weighted by Crippen LogP contribution is -2.45. The monoisotopic (exact) mass is 262 g/mol. The van der Waals surface area contributed by atoms with E-state index in [9.17, 15) is 4.79 Å². The van der Waals surface area contributed by atoms with Gasteiger partial charge in [-0.05, 0) is 44.2 Å². The van der Waals surface area contributed by atoms with Gasteiger partial charge in [-0.15, -0.1) is 0 Å². The fourth-order valence-electron chi connectivity index (χ4n) is 2.37. The van der Waals surface area contributed by atoms with Crippen molar-refractivity contribution in [2.24, 2.45) is 0 Å². The van der Waals surface area contributed by atoms with E-state index in [0.717, 1.165) is 18.5 Å². The average molecular weight is 262 g/mol. The molecule has 1 N–H and O–H groups in total. The van der Waals surface area contributed by atoms with Crippen LogP contribution in [0.2, 0.25) is 0 Å². The first kappa shape index (κ1) is 14.0. The highest BCUT2D eigenvalue weighted by atomic mass is 16.3. The Labute approximate surface area is 114 Å². The molecule has 0 saturated heterocycles. The molecule has 0 spiro atoms. The van der Waals surface area contributed by atoms with E-state index < -0.39 is 0 Å². The number of carbonyl (C=O) groups excluding carboxylic acids is 1. The summed E-state index contributed by atoms with van der Waals surface area (Å²) < 4.78 is 0.